The molecule has 18 heavy (non-hydrogen) atoms. The van der Waals surface area contributed by atoms with E-state index >= 15 is 0 Å². The van der Waals surface area contributed by atoms with E-state index in [1.165, 1.54) is 0 Å². The second kappa shape index (κ2) is 5.00. The first kappa shape index (κ1) is 14.5. The van der Waals surface area contributed by atoms with Crippen molar-refractivity contribution in [3.8, 4) is 0 Å². The fourth-order valence-corrected chi connectivity index (χ4v) is 2.32. The average molecular weight is 254 g/mol. The lowest BCUT2D eigenvalue weighted by atomic mass is 10.0. The number of carboxylic acids is 1. The molecule has 1 rings (SSSR count). The molecular formula is C13H22N2O3. The molecule has 0 aliphatic rings. The van der Waals surface area contributed by atoms with Crippen LogP contribution in [0.3, 0.4) is 0 Å². The van der Waals surface area contributed by atoms with Crippen molar-refractivity contribution >= 4 is 5.97 Å². The van der Waals surface area contributed by atoms with Crippen LogP contribution in [0.4, 0.5) is 0 Å². The minimum Gasteiger partial charge on any atom is -0.711 e. The lowest BCUT2D eigenvalue weighted by Gasteiger charge is -2.18. The summed E-state index contributed by atoms with van der Waals surface area (Å²) in [6, 6.07) is -0.698. The number of aliphatic carboxylic acids is 1. The van der Waals surface area contributed by atoms with E-state index in [0.29, 0.717) is 11.5 Å². The Bertz CT molecular complexity index is 461. The van der Waals surface area contributed by atoms with Crippen molar-refractivity contribution in [3.05, 3.63) is 22.4 Å². The molecule has 0 fully saturated rings. The molecule has 0 unspecified atom stereocenters. The topological polar surface area (TPSA) is 69.2 Å². The van der Waals surface area contributed by atoms with Crippen LogP contribution in [0.15, 0.2) is 0 Å². The van der Waals surface area contributed by atoms with Crippen LogP contribution < -0.4 is 4.73 Å². The maximum Gasteiger partial charge on any atom is 0.349 e. The van der Waals surface area contributed by atoms with Crippen LogP contribution >= 0.6 is 0 Å². The molecule has 0 aromatic carbocycles. The van der Waals surface area contributed by atoms with Crippen LogP contribution in [0.25, 0.3) is 0 Å². The van der Waals surface area contributed by atoms with Crippen molar-refractivity contribution in [2.45, 2.75) is 53.5 Å². The van der Waals surface area contributed by atoms with Gasteiger partial charge in [-0.25, -0.2) is 14.1 Å². The first-order valence-electron chi connectivity index (χ1n) is 6.23. The summed E-state index contributed by atoms with van der Waals surface area (Å²) >= 11 is 0. The van der Waals surface area contributed by atoms with Crippen LogP contribution in [-0.4, -0.2) is 15.6 Å². The molecule has 1 aromatic rings. The number of imidazole rings is 1. The number of carbonyl (C=O) groups is 1. The largest absolute Gasteiger partial charge is 0.711 e. The standard InChI is InChI=1S/C13H22N2O3/c1-7(2)11(13(16)17)14-9(5)10(6)15(18)12(14)8(3)4/h7-8,11H,1-6H3,(H,16,17)/t11-/m1/s1. The van der Waals surface area contributed by atoms with Gasteiger partial charge in [-0.1, -0.05) is 27.7 Å². The van der Waals surface area contributed by atoms with Crippen molar-refractivity contribution in [1.29, 1.82) is 0 Å². The van der Waals surface area contributed by atoms with Gasteiger partial charge in [0.05, 0.1) is 5.92 Å². The molecular weight excluding hydrogens is 232 g/mol. The number of aromatic nitrogens is 2. The quantitative estimate of drug-likeness (QED) is 0.661. The molecule has 0 bridgehead atoms. The van der Waals surface area contributed by atoms with Gasteiger partial charge in [0.15, 0.2) is 6.04 Å². The number of carboxylic acid groups (broad SMARTS) is 1. The van der Waals surface area contributed by atoms with E-state index in [4.69, 9.17) is 0 Å². The van der Waals surface area contributed by atoms with E-state index in [0.717, 1.165) is 10.4 Å². The first-order chi connectivity index (χ1) is 8.20. The summed E-state index contributed by atoms with van der Waals surface area (Å²) in [4.78, 5) is 11.5. The van der Waals surface area contributed by atoms with Gasteiger partial charge in [-0.15, -0.1) is 0 Å². The molecule has 102 valence electrons. The fourth-order valence-electron chi connectivity index (χ4n) is 2.32. The summed E-state index contributed by atoms with van der Waals surface area (Å²) in [7, 11) is 0. The van der Waals surface area contributed by atoms with E-state index in [1.54, 1.807) is 18.4 Å². The maximum atomic E-state index is 12.1. The van der Waals surface area contributed by atoms with E-state index in [2.05, 4.69) is 0 Å². The van der Waals surface area contributed by atoms with Crippen molar-refractivity contribution in [2.24, 2.45) is 5.92 Å². The van der Waals surface area contributed by atoms with Crippen molar-refractivity contribution in [3.63, 3.8) is 0 Å². The van der Waals surface area contributed by atoms with Crippen molar-refractivity contribution in [2.75, 3.05) is 0 Å². The minimum atomic E-state index is -0.898. The molecule has 1 atom stereocenters. The van der Waals surface area contributed by atoms with E-state index < -0.39 is 12.0 Å². The Hall–Kier alpha value is -1.52. The van der Waals surface area contributed by atoms with Crippen LogP contribution in [0.5, 0.6) is 0 Å². The van der Waals surface area contributed by atoms with Gasteiger partial charge < -0.3 is 10.3 Å². The molecule has 5 nitrogen and oxygen atoms in total. The Labute approximate surface area is 108 Å². The van der Waals surface area contributed by atoms with Crippen molar-refractivity contribution in [1.82, 2.24) is 4.57 Å². The maximum absolute atomic E-state index is 12.1. The second-order valence-electron chi connectivity index (χ2n) is 5.38. The minimum absolute atomic E-state index is 0.0181. The number of nitrogens with zero attached hydrogens (tertiary/aromatic N) is 2. The summed E-state index contributed by atoms with van der Waals surface area (Å²) in [5, 5.41) is 21.5. The summed E-state index contributed by atoms with van der Waals surface area (Å²) < 4.78 is 2.54. The molecule has 1 aromatic heterocycles. The van der Waals surface area contributed by atoms with Gasteiger partial charge in [-0.05, 0) is 0 Å². The Morgan fingerprint density at radius 2 is 1.78 bits per heavy atom. The van der Waals surface area contributed by atoms with E-state index in [1.807, 2.05) is 27.7 Å². The highest BCUT2D eigenvalue weighted by atomic mass is 16.5. The zero-order valence-corrected chi connectivity index (χ0v) is 11.9. The van der Waals surface area contributed by atoms with Gasteiger partial charge in [0.2, 0.25) is 0 Å². The highest BCUT2D eigenvalue weighted by Gasteiger charge is 2.36. The molecule has 0 radical (unpaired) electrons. The molecule has 0 aliphatic heterocycles. The highest BCUT2D eigenvalue weighted by Crippen LogP contribution is 2.26. The number of rotatable bonds is 4. The van der Waals surface area contributed by atoms with E-state index in [9.17, 15) is 15.1 Å². The Balaban J connectivity index is 3.56. The first-order valence-corrected chi connectivity index (χ1v) is 6.23. The molecule has 0 saturated carbocycles. The molecule has 0 amide bonds. The van der Waals surface area contributed by atoms with Gasteiger partial charge in [0.25, 0.3) is 5.82 Å². The van der Waals surface area contributed by atoms with Crippen LogP contribution in [0.1, 0.15) is 56.9 Å². The summed E-state index contributed by atoms with van der Waals surface area (Å²) in [6.45, 7) is 11.0. The van der Waals surface area contributed by atoms with Crippen LogP contribution in [0, 0.1) is 25.0 Å². The van der Waals surface area contributed by atoms with Gasteiger partial charge in [0.1, 0.15) is 11.4 Å². The second-order valence-corrected chi connectivity index (χ2v) is 5.38. The number of hydrogen-bond donors (Lipinski definition) is 1. The molecule has 0 saturated heterocycles. The summed E-state index contributed by atoms with van der Waals surface area (Å²) in [5.74, 6) is -0.474. The van der Waals surface area contributed by atoms with Gasteiger partial charge in [0, 0.05) is 19.8 Å². The van der Waals surface area contributed by atoms with Gasteiger partial charge in [-0.2, -0.15) is 0 Å². The molecule has 0 spiro atoms. The average Bonchev–Trinajstić information content (AvgIpc) is 2.43. The third-order valence-electron chi connectivity index (χ3n) is 3.32. The number of hydrogen-bond acceptors (Lipinski definition) is 2. The van der Waals surface area contributed by atoms with Gasteiger partial charge in [-0.3, -0.25) is 0 Å². The van der Waals surface area contributed by atoms with Gasteiger partial charge >= 0.3 is 5.97 Å². The molecule has 5 heteroatoms. The Morgan fingerprint density at radius 3 is 2.11 bits per heavy atom. The van der Waals surface area contributed by atoms with Crippen molar-refractivity contribution < 1.29 is 14.6 Å². The fraction of sp³-hybridized carbons (Fsp3) is 0.692. The third kappa shape index (κ3) is 2.21. The molecule has 1 heterocycles. The monoisotopic (exact) mass is 254 g/mol. The van der Waals surface area contributed by atoms with E-state index in [-0.39, 0.29) is 11.8 Å². The normalized spacial score (nSPS) is 13.3. The highest BCUT2D eigenvalue weighted by molar-refractivity contribution is 5.72. The molecule has 1 N–H and O–H groups in total. The lowest BCUT2D eigenvalue weighted by Crippen LogP contribution is -2.36. The lowest BCUT2D eigenvalue weighted by molar-refractivity contribution is -0.621. The Kier molecular flexibility index (Phi) is 4.04. The predicted molar refractivity (Wildman–Crippen MR) is 68.5 cm³/mol. The van der Waals surface area contributed by atoms with Crippen LogP contribution in [0.2, 0.25) is 0 Å². The summed E-state index contributed by atoms with van der Waals surface area (Å²) in [5.41, 5.74) is 1.31. The molecule has 0 aliphatic carbocycles. The zero-order chi connectivity index (χ0) is 14.2. The Morgan fingerprint density at radius 1 is 1.28 bits per heavy atom. The third-order valence-corrected chi connectivity index (χ3v) is 3.32. The van der Waals surface area contributed by atoms with Crippen LogP contribution in [-0.2, 0) is 4.79 Å². The SMILES string of the molecule is Cc1c(C)[n+]([O-])c(C(C)C)n1[C@@H](C(=O)O)C(C)C. The summed E-state index contributed by atoms with van der Waals surface area (Å²) in [6.07, 6.45) is 0. The zero-order valence-electron chi connectivity index (χ0n) is 11.9. The smallest absolute Gasteiger partial charge is 0.349 e. The predicted octanol–water partition coefficient (Wildman–Crippen LogP) is 2.14.